The molecule has 4 aromatic rings. The molecule has 0 saturated carbocycles. The summed E-state index contributed by atoms with van der Waals surface area (Å²) in [5.41, 5.74) is 15.3. The first kappa shape index (κ1) is 31.7. The monoisotopic (exact) mass is 595 g/mol. The molecule has 0 radical (unpaired) electrons. The molecule has 2 atom stereocenters. The van der Waals surface area contributed by atoms with Gasteiger partial charge in [-0.1, -0.05) is 90.5 Å². The quantitative estimate of drug-likeness (QED) is 0.213. The highest BCUT2D eigenvalue weighted by molar-refractivity contribution is 5.96. The van der Waals surface area contributed by atoms with Crippen LogP contribution in [-0.2, 0) is 32.1 Å². The number of amides is 3. The minimum Gasteiger partial charge on any atom is -0.464 e. The summed E-state index contributed by atoms with van der Waals surface area (Å²) >= 11 is 0. The lowest BCUT2D eigenvalue weighted by atomic mass is 9.88. The van der Waals surface area contributed by atoms with Crippen molar-refractivity contribution < 1.29 is 23.9 Å². The van der Waals surface area contributed by atoms with Crippen molar-refractivity contribution in [1.82, 2.24) is 14.7 Å². The van der Waals surface area contributed by atoms with Crippen LogP contribution in [0.3, 0.4) is 0 Å². The number of hydrogen-bond donors (Lipinski definition) is 2. The van der Waals surface area contributed by atoms with E-state index in [1.165, 1.54) is 18.1 Å². The molecule has 0 aliphatic rings. The zero-order valence-corrected chi connectivity index (χ0v) is 24.8. The van der Waals surface area contributed by atoms with Crippen LogP contribution in [0.25, 0.3) is 0 Å². The first-order valence-electron chi connectivity index (χ1n) is 14.4. The lowest BCUT2D eigenvalue weighted by molar-refractivity contribution is -0.147. The summed E-state index contributed by atoms with van der Waals surface area (Å²) < 4.78 is 6.27. The number of hydrogen-bond acceptors (Lipinski definition) is 6. The summed E-state index contributed by atoms with van der Waals surface area (Å²) in [6.45, 7) is 2.25. The number of esters is 1. The summed E-state index contributed by atoms with van der Waals surface area (Å²) in [7, 11) is 1.27. The second-order valence-corrected chi connectivity index (χ2v) is 10.6. The maximum atomic E-state index is 14.8. The Kier molecular flexibility index (Phi) is 10.6. The highest BCUT2D eigenvalue weighted by Crippen LogP contribution is 2.30. The van der Waals surface area contributed by atoms with Gasteiger partial charge in [-0.05, 0) is 42.5 Å². The molecule has 0 fully saturated rings. The average Bonchev–Trinajstić information content (AvgIpc) is 3.49. The van der Waals surface area contributed by atoms with Gasteiger partial charge in [-0.25, -0.2) is 4.79 Å². The molecule has 10 heteroatoms. The summed E-state index contributed by atoms with van der Waals surface area (Å²) in [6, 6.07) is 25.2. The molecule has 10 nitrogen and oxygen atoms in total. The summed E-state index contributed by atoms with van der Waals surface area (Å²) in [5.74, 6) is -3.36. The van der Waals surface area contributed by atoms with Crippen LogP contribution in [0.2, 0.25) is 0 Å². The van der Waals surface area contributed by atoms with Crippen molar-refractivity contribution in [1.29, 1.82) is 0 Å². The van der Waals surface area contributed by atoms with E-state index in [9.17, 15) is 19.2 Å². The maximum Gasteiger partial charge on any atom is 0.358 e. The third-order valence-corrected chi connectivity index (χ3v) is 7.51. The van der Waals surface area contributed by atoms with Gasteiger partial charge in [-0.2, -0.15) is 5.10 Å². The number of carbonyl (C=O) groups is 4. The Morgan fingerprint density at radius 3 is 2.00 bits per heavy atom. The molecule has 228 valence electrons. The Hall–Kier alpha value is -5.25. The van der Waals surface area contributed by atoms with Gasteiger partial charge in [0.15, 0.2) is 5.69 Å². The molecule has 0 aliphatic carbocycles. The molecule has 0 bridgehead atoms. The second kappa shape index (κ2) is 14.8. The van der Waals surface area contributed by atoms with E-state index in [0.29, 0.717) is 24.1 Å². The molecule has 1 heterocycles. The smallest absolute Gasteiger partial charge is 0.358 e. The third-order valence-electron chi connectivity index (χ3n) is 7.51. The Morgan fingerprint density at radius 2 is 1.45 bits per heavy atom. The SMILES string of the molecule is COC(=O)c1ccn(CCC[C@@H](C(N)=O)N(C(=O)C(c2ccccc2)c2ccccc2)[C@@H](Cc2cccc(C)c2)C(N)=O)n1. The highest BCUT2D eigenvalue weighted by atomic mass is 16.5. The molecule has 4 N–H and O–H groups in total. The zero-order chi connectivity index (χ0) is 31.6. The third kappa shape index (κ3) is 7.77. The van der Waals surface area contributed by atoms with E-state index >= 15 is 0 Å². The first-order chi connectivity index (χ1) is 21.2. The van der Waals surface area contributed by atoms with Crippen LogP contribution in [0, 0.1) is 6.92 Å². The number of nitrogens with zero attached hydrogens (tertiary/aromatic N) is 3. The minimum atomic E-state index is -1.16. The van der Waals surface area contributed by atoms with Crippen LogP contribution >= 0.6 is 0 Å². The number of benzene rings is 3. The van der Waals surface area contributed by atoms with Crippen LogP contribution in [0.4, 0.5) is 0 Å². The normalized spacial score (nSPS) is 12.3. The number of methoxy groups -OCH3 is 1. The second-order valence-electron chi connectivity index (χ2n) is 10.6. The van der Waals surface area contributed by atoms with Crippen LogP contribution in [0.5, 0.6) is 0 Å². The van der Waals surface area contributed by atoms with Crippen molar-refractivity contribution in [3.63, 3.8) is 0 Å². The van der Waals surface area contributed by atoms with Crippen molar-refractivity contribution >= 4 is 23.7 Å². The van der Waals surface area contributed by atoms with E-state index in [-0.39, 0.29) is 18.5 Å². The molecule has 1 aromatic heterocycles. The molecule has 3 amide bonds. The molecule has 3 aromatic carbocycles. The molecule has 0 unspecified atom stereocenters. The van der Waals surface area contributed by atoms with Gasteiger partial charge in [0, 0.05) is 19.2 Å². The standard InChI is InChI=1S/C34H37N5O5/c1-23-11-9-12-24(21-23)22-29(32(36)41)39(28(31(35)40)17-10-19-38-20-18-27(37-38)34(43)44-2)33(42)30(25-13-5-3-6-14-25)26-15-7-4-8-16-26/h3-9,11-16,18,20-21,28-30H,10,17,19,22H2,1-2H3,(H2,35,40)(H2,36,41)/t28-,29-/m0/s1. The van der Waals surface area contributed by atoms with E-state index in [2.05, 4.69) is 5.10 Å². The average molecular weight is 596 g/mol. The van der Waals surface area contributed by atoms with Crippen molar-refractivity contribution in [2.24, 2.45) is 11.5 Å². The van der Waals surface area contributed by atoms with Crippen molar-refractivity contribution in [3.05, 3.63) is 125 Å². The zero-order valence-electron chi connectivity index (χ0n) is 24.8. The van der Waals surface area contributed by atoms with Crippen LogP contribution in [-0.4, -0.2) is 57.6 Å². The lowest BCUT2D eigenvalue weighted by Gasteiger charge is -2.38. The number of rotatable bonds is 14. The minimum absolute atomic E-state index is 0.102. The van der Waals surface area contributed by atoms with Gasteiger partial charge in [0.05, 0.1) is 13.0 Å². The lowest BCUT2D eigenvalue weighted by Crippen LogP contribution is -2.58. The Labute approximate surface area is 256 Å². The Morgan fingerprint density at radius 1 is 0.841 bits per heavy atom. The van der Waals surface area contributed by atoms with Crippen LogP contribution < -0.4 is 11.5 Å². The highest BCUT2D eigenvalue weighted by Gasteiger charge is 2.40. The number of aromatic nitrogens is 2. The van der Waals surface area contributed by atoms with E-state index in [4.69, 9.17) is 16.2 Å². The summed E-state index contributed by atoms with van der Waals surface area (Å²) in [5, 5.41) is 4.21. The first-order valence-corrected chi connectivity index (χ1v) is 14.4. The van der Waals surface area contributed by atoms with Gasteiger partial charge in [-0.15, -0.1) is 0 Å². The number of aryl methyl sites for hydroxylation is 2. The maximum absolute atomic E-state index is 14.8. The molecule has 4 rings (SSSR count). The van der Waals surface area contributed by atoms with Gasteiger partial charge in [-0.3, -0.25) is 19.1 Å². The number of ether oxygens (including phenoxy) is 1. The van der Waals surface area contributed by atoms with Gasteiger partial charge >= 0.3 is 5.97 Å². The number of carbonyl (C=O) groups excluding carboxylic acids is 4. The topological polar surface area (TPSA) is 151 Å². The molecule has 44 heavy (non-hydrogen) atoms. The van der Waals surface area contributed by atoms with E-state index in [1.54, 1.807) is 10.9 Å². The summed E-state index contributed by atoms with van der Waals surface area (Å²) in [4.78, 5) is 54.2. The molecule has 0 saturated heterocycles. The molecule has 0 aliphatic heterocycles. The molecular weight excluding hydrogens is 558 g/mol. The van der Waals surface area contributed by atoms with Crippen LogP contribution in [0.15, 0.2) is 97.2 Å². The fourth-order valence-corrected chi connectivity index (χ4v) is 5.41. The predicted molar refractivity (Wildman–Crippen MR) is 165 cm³/mol. The van der Waals surface area contributed by atoms with Gasteiger partial charge in [0.2, 0.25) is 17.7 Å². The molecular formula is C34H37N5O5. The van der Waals surface area contributed by atoms with Crippen molar-refractivity contribution in [3.8, 4) is 0 Å². The van der Waals surface area contributed by atoms with E-state index in [0.717, 1.165) is 11.1 Å². The van der Waals surface area contributed by atoms with E-state index in [1.807, 2.05) is 91.9 Å². The Balaban J connectivity index is 1.74. The predicted octanol–water partition coefficient (Wildman–Crippen LogP) is 3.37. The van der Waals surface area contributed by atoms with Gasteiger partial charge in [0.1, 0.15) is 12.1 Å². The largest absolute Gasteiger partial charge is 0.464 e. The van der Waals surface area contributed by atoms with Gasteiger partial charge < -0.3 is 21.1 Å². The van der Waals surface area contributed by atoms with Crippen LogP contribution in [0.1, 0.15) is 51.5 Å². The van der Waals surface area contributed by atoms with Crippen molar-refractivity contribution in [2.75, 3.05) is 7.11 Å². The fraction of sp³-hybridized carbons (Fsp3) is 0.265. The number of primary amides is 2. The van der Waals surface area contributed by atoms with E-state index < -0.39 is 41.7 Å². The number of nitrogens with two attached hydrogens (primary N) is 2. The van der Waals surface area contributed by atoms with Crippen molar-refractivity contribution in [2.45, 2.75) is 50.7 Å². The van der Waals surface area contributed by atoms with Gasteiger partial charge in [0.25, 0.3) is 0 Å². The fourth-order valence-electron chi connectivity index (χ4n) is 5.41. The summed E-state index contributed by atoms with van der Waals surface area (Å²) in [6.07, 6.45) is 2.21. The molecule has 0 spiro atoms. The Bertz CT molecular complexity index is 1550.